The summed E-state index contributed by atoms with van der Waals surface area (Å²) in [6, 6.07) is 6.42. The minimum absolute atomic E-state index is 1.02. The zero-order chi connectivity index (χ0) is 10.4. The molecule has 0 unspecified atom stereocenters. The van der Waals surface area contributed by atoms with Crippen LogP contribution < -0.4 is 0 Å². The van der Waals surface area contributed by atoms with Gasteiger partial charge >= 0.3 is 0 Å². The quantitative estimate of drug-likeness (QED) is 0.496. The summed E-state index contributed by atoms with van der Waals surface area (Å²) in [7, 11) is 0. The predicted octanol–water partition coefficient (Wildman–Crippen LogP) is 3.71. The Morgan fingerprint density at radius 3 is 2.64 bits per heavy atom. The first-order valence-electron chi connectivity index (χ1n) is 5.34. The van der Waals surface area contributed by atoms with Crippen LogP contribution in [0.25, 0.3) is 0 Å². The topological polar surface area (TPSA) is 0 Å². The third kappa shape index (κ3) is 2.92. The first-order chi connectivity index (χ1) is 6.77. The van der Waals surface area contributed by atoms with Gasteiger partial charge in [-0.1, -0.05) is 37.8 Å². The highest BCUT2D eigenvalue weighted by atomic mass is 14.0. The van der Waals surface area contributed by atoms with Crippen LogP contribution in [0.2, 0.25) is 0 Å². The van der Waals surface area contributed by atoms with E-state index >= 15 is 0 Å². The molecule has 1 aromatic rings. The Kier molecular flexibility index (Phi) is 4.26. The van der Waals surface area contributed by atoms with Gasteiger partial charge in [-0.05, 0) is 37.0 Å². The molecule has 1 aromatic carbocycles. The van der Waals surface area contributed by atoms with Crippen LogP contribution in [0.15, 0.2) is 18.2 Å². The van der Waals surface area contributed by atoms with E-state index in [1.54, 1.807) is 0 Å². The van der Waals surface area contributed by atoms with Gasteiger partial charge in [-0.25, -0.2) is 0 Å². The molecular formula is C14H18. The number of hydrogen-bond donors (Lipinski definition) is 0. The van der Waals surface area contributed by atoms with E-state index in [-0.39, 0.29) is 0 Å². The number of hydrogen-bond acceptors (Lipinski definition) is 0. The standard InChI is InChI=1S/C14H18/c1-4-6-7-8-13-9-10-14(5-2)12(3)11-13/h2,9-11H,4,6-8H2,1,3H3. The Morgan fingerprint density at radius 2 is 2.07 bits per heavy atom. The molecule has 0 atom stereocenters. The maximum Gasteiger partial charge on any atom is 0.0271 e. The molecule has 0 aliphatic rings. The second-order valence-corrected chi connectivity index (χ2v) is 3.75. The van der Waals surface area contributed by atoms with Crippen molar-refractivity contribution >= 4 is 0 Å². The summed E-state index contributed by atoms with van der Waals surface area (Å²) in [5.74, 6) is 2.69. The average Bonchev–Trinajstić information content (AvgIpc) is 2.18. The third-order valence-corrected chi connectivity index (χ3v) is 2.52. The molecule has 0 nitrogen and oxygen atoms in total. The highest BCUT2D eigenvalue weighted by molar-refractivity contribution is 5.41. The summed E-state index contributed by atoms with van der Waals surface area (Å²) >= 11 is 0. The number of unbranched alkanes of at least 4 members (excludes halogenated alkanes) is 2. The summed E-state index contributed by atoms with van der Waals surface area (Å²) in [5, 5.41) is 0. The Balaban J connectivity index is 2.63. The lowest BCUT2D eigenvalue weighted by Crippen LogP contribution is -1.89. The summed E-state index contributed by atoms with van der Waals surface area (Å²) in [5.41, 5.74) is 3.65. The fourth-order valence-electron chi connectivity index (χ4n) is 1.62. The highest BCUT2D eigenvalue weighted by Gasteiger charge is 1.97. The average molecular weight is 186 g/mol. The van der Waals surface area contributed by atoms with E-state index < -0.39 is 0 Å². The SMILES string of the molecule is C#Cc1ccc(CCCCC)cc1C. The molecule has 0 aromatic heterocycles. The number of aryl methyl sites for hydroxylation is 2. The molecule has 0 spiro atoms. The van der Waals surface area contributed by atoms with E-state index in [2.05, 4.69) is 38.0 Å². The second kappa shape index (κ2) is 5.50. The first-order valence-corrected chi connectivity index (χ1v) is 5.34. The van der Waals surface area contributed by atoms with Gasteiger partial charge in [-0.2, -0.15) is 0 Å². The monoisotopic (exact) mass is 186 g/mol. The van der Waals surface area contributed by atoms with Gasteiger partial charge < -0.3 is 0 Å². The van der Waals surface area contributed by atoms with Crippen LogP contribution in [0, 0.1) is 19.3 Å². The molecule has 0 heteroatoms. The van der Waals surface area contributed by atoms with Gasteiger partial charge in [0.2, 0.25) is 0 Å². The van der Waals surface area contributed by atoms with Gasteiger partial charge in [0.05, 0.1) is 0 Å². The molecule has 0 aliphatic carbocycles. The summed E-state index contributed by atoms with van der Waals surface area (Å²) in [6.45, 7) is 4.31. The predicted molar refractivity (Wildman–Crippen MR) is 62.3 cm³/mol. The van der Waals surface area contributed by atoms with Crippen LogP contribution in [0.4, 0.5) is 0 Å². The fourth-order valence-corrected chi connectivity index (χ4v) is 1.62. The number of rotatable bonds is 4. The molecule has 0 heterocycles. The Labute approximate surface area is 87.4 Å². The maximum atomic E-state index is 5.37. The molecule has 0 fully saturated rings. The second-order valence-electron chi connectivity index (χ2n) is 3.75. The van der Waals surface area contributed by atoms with Crippen LogP contribution in [0.1, 0.15) is 42.9 Å². The van der Waals surface area contributed by atoms with Crippen molar-refractivity contribution in [3.05, 3.63) is 34.9 Å². The van der Waals surface area contributed by atoms with Crippen LogP contribution in [0.5, 0.6) is 0 Å². The van der Waals surface area contributed by atoms with Crippen molar-refractivity contribution in [3.63, 3.8) is 0 Å². The van der Waals surface area contributed by atoms with E-state index in [0.717, 1.165) is 5.56 Å². The molecule has 1 rings (SSSR count). The Hall–Kier alpha value is -1.22. The van der Waals surface area contributed by atoms with Crippen LogP contribution in [-0.4, -0.2) is 0 Å². The summed E-state index contributed by atoms with van der Waals surface area (Å²) < 4.78 is 0. The van der Waals surface area contributed by atoms with Gasteiger partial charge in [0.25, 0.3) is 0 Å². The van der Waals surface area contributed by atoms with Gasteiger partial charge in [0.15, 0.2) is 0 Å². The van der Waals surface area contributed by atoms with Crippen molar-refractivity contribution in [1.82, 2.24) is 0 Å². The largest absolute Gasteiger partial charge is 0.115 e. The van der Waals surface area contributed by atoms with Crippen molar-refractivity contribution < 1.29 is 0 Å². The van der Waals surface area contributed by atoms with Gasteiger partial charge in [-0.3, -0.25) is 0 Å². The van der Waals surface area contributed by atoms with E-state index in [1.165, 1.54) is 36.8 Å². The molecule has 74 valence electrons. The third-order valence-electron chi connectivity index (χ3n) is 2.52. The number of benzene rings is 1. The molecule has 0 N–H and O–H groups in total. The van der Waals surface area contributed by atoms with Crippen molar-refractivity contribution in [1.29, 1.82) is 0 Å². The van der Waals surface area contributed by atoms with Crippen molar-refractivity contribution in [3.8, 4) is 12.3 Å². The van der Waals surface area contributed by atoms with Gasteiger partial charge in [0, 0.05) is 5.56 Å². The minimum atomic E-state index is 1.02. The van der Waals surface area contributed by atoms with Gasteiger partial charge in [-0.15, -0.1) is 6.42 Å². The van der Waals surface area contributed by atoms with E-state index in [1.807, 2.05) is 0 Å². The highest BCUT2D eigenvalue weighted by Crippen LogP contribution is 2.12. The molecule has 0 saturated heterocycles. The van der Waals surface area contributed by atoms with Crippen molar-refractivity contribution in [2.75, 3.05) is 0 Å². The van der Waals surface area contributed by atoms with Crippen molar-refractivity contribution in [2.45, 2.75) is 39.5 Å². The first kappa shape index (κ1) is 10.9. The molecule has 0 amide bonds. The van der Waals surface area contributed by atoms with Crippen LogP contribution in [0.3, 0.4) is 0 Å². The molecule has 0 bridgehead atoms. The number of terminal acetylenes is 1. The van der Waals surface area contributed by atoms with Crippen LogP contribution in [-0.2, 0) is 6.42 Å². The lowest BCUT2D eigenvalue weighted by atomic mass is 10.0. The summed E-state index contributed by atoms with van der Waals surface area (Å²) in [6.07, 6.45) is 10.4. The molecular weight excluding hydrogens is 168 g/mol. The molecule has 0 radical (unpaired) electrons. The summed E-state index contributed by atoms with van der Waals surface area (Å²) in [4.78, 5) is 0. The Morgan fingerprint density at radius 1 is 1.29 bits per heavy atom. The normalized spacial score (nSPS) is 9.79. The molecule has 0 saturated carbocycles. The van der Waals surface area contributed by atoms with E-state index in [4.69, 9.17) is 6.42 Å². The lowest BCUT2D eigenvalue weighted by molar-refractivity contribution is 0.717. The smallest absolute Gasteiger partial charge is 0.0271 e. The zero-order valence-electron chi connectivity index (χ0n) is 9.14. The fraction of sp³-hybridized carbons (Fsp3) is 0.429. The molecule has 0 aliphatic heterocycles. The van der Waals surface area contributed by atoms with Gasteiger partial charge in [0.1, 0.15) is 0 Å². The van der Waals surface area contributed by atoms with Crippen LogP contribution >= 0.6 is 0 Å². The molecule has 14 heavy (non-hydrogen) atoms. The minimum Gasteiger partial charge on any atom is -0.115 e. The maximum absolute atomic E-state index is 5.37. The zero-order valence-corrected chi connectivity index (χ0v) is 9.14. The van der Waals surface area contributed by atoms with E-state index in [9.17, 15) is 0 Å². The lowest BCUT2D eigenvalue weighted by Gasteiger charge is -2.03. The van der Waals surface area contributed by atoms with Crippen molar-refractivity contribution in [2.24, 2.45) is 0 Å². The van der Waals surface area contributed by atoms with E-state index in [0.29, 0.717) is 0 Å². The Bertz CT molecular complexity index is 328.